The smallest absolute Gasteiger partial charge is 0.293 e. The van der Waals surface area contributed by atoms with Crippen molar-refractivity contribution in [1.29, 1.82) is 0 Å². The first-order valence-corrected chi connectivity index (χ1v) is 9.77. The second kappa shape index (κ2) is 8.58. The van der Waals surface area contributed by atoms with E-state index in [4.69, 9.17) is 4.74 Å². The molecule has 29 heavy (non-hydrogen) atoms. The number of ether oxygens (including phenoxy) is 1. The zero-order valence-corrected chi connectivity index (χ0v) is 17.4. The van der Waals surface area contributed by atoms with Crippen molar-refractivity contribution in [3.63, 3.8) is 0 Å². The summed E-state index contributed by atoms with van der Waals surface area (Å²) in [7, 11) is 1.50. The molecule has 10 heteroatoms. The molecular formula is C19H13BrN2O6S. The fourth-order valence-corrected chi connectivity index (χ4v) is 3.81. The van der Waals surface area contributed by atoms with Crippen molar-refractivity contribution >= 4 is 56.4 Å². The van der Waals surface area contributed by atoms with Crippen molar-refractivity contribution in [1.82, 2.24) is 4.90 Å². The Morgan fingerprint density at radius 1 is 1.24 bits per heavy atom. The van der Waals surface area contributed by atoms with Crippen LogP contribution in [0.1, 0.15) is 15.9 Å². The van der Waals surface area contributed by atoms with Crippen LogP contribution in [0.2, 0.25) is 0 Å². The van der Waals surface area contributed by atoms with Crippen molar-refractivity contribution < 1.29 is 24.0 Å². The van der Waals surface area contributed by atoms with Crippen LogP contribution in [0.4, 0.5) is 10.5 Å². The number of non-ortho nitro benzene ring substituents is 1. The maximum absolute atomic E-state index is 12.6. The monoisotopic (exact) mass is 476 g/mol. The molecule has 0 N–H and O–H groups in total. The summed E-state index contributed by atoms with van der Waals surface area (Å²) in [5.41, 5.74) is 0.625. The fourth-order valence-electron chi connectivity index (χ4n) is 2.60. The van der Waals surface area contributed by atoms with Gasteiger partial charge in [0.2, 0.25) is 0 Å². The third-order valence-electron chi connectivity index (χ3n) is 4.05. The number of nitro benzene ring substituents is 1. The van der Waals surface area contributed by atoms with Crippen LogP contribution in [0, 0.1) is 10.1 Å². The summed E-state index contributed by atoms with van der Waals surface area (Å²) in [6.07, 6.45) is 1.53. The van der Waals surface area contributed by atoms with Crippen molar-refractivity contribution in [3.05, 3.63) is 73.1 Å². The lowest BCUT2D eigenvalue weighted by molar-refractivity contribution is -0.384. The summed E-state index contributed by atoms with van der Waals surface area (Å²) >= 11 is 4.08. The third kappa shape index (κ3) is 4.54. The molecule has 0 aliphatic carbocycles. The summed E-state index contributed by atoms with van der Waals surface area (Å²) in [6, 6.07) is 10.2. The Bertz CT molecular complexity index is 1050. The molecule has 1 aliphatic heterocycles. The predicted octanol–water partition coefficient (Wildman–Crippen LogP) is 4.29. The van der Waals surface area contributed by atoms with Gasteiger partial charge in [0.15, 0.2) is 5.78 Å². The lowest BCUT2D eigenvalue weighted by Crippen LogP contribution is -2.33. The Morgan fingerprint density at radius 2 is 1.93 bits per heavy atom. The summed E-state index contributed by atoms with van der Waals surface area (Å²) in [5.74, 6) is -0.553. The highest BCUT2D eigenvalue weighted by atomic mass is 79.9. The predicted molar refractivity (Wildman–Crippen MR) is 111 cm³/mol. The Morgan fingerprint density at radius 3 is 2.55 bits per heavy atom. The number of Topliss-reactive ketones (excluding diaryl/α,β-unsaturated/α-hetero) is 1. The molecule has 1 fully saturated rings. The van der Waals surface area contributed by atoms with Crippen LogP contribution in [0.5, 0.6) is 5.75 Å². The molecule has 0 unspecified atom stereocenters. The normalized spacial score (nSPS) is 15.1. The Labute approximate surface area is 177 Å². The quantitative estimate of drug-likeness (QED) is 0.265. The van der Waals surface area contributed by atoms with E-state index in [9.17, 15) is 24.5 Å². The summed E-state index contributed by atoms with van der Waals surface area (Å²) < 4.78 is 6.04. The van der Waals surface area contributed by atoms with Gasteiger partial charge in [-0.3, -0.25) is 29.4 Å². The average molecular weight is 477 g/mol. The second-order valence-corrected chi connectivity index (χ2v) is 7.79. The van der Waals surface area contributed by atoms with Crippen LogP contribution in [0.15, 0.2) is 51.8 Å². The van der Waals surface area contributed by atoms with Gasteiger partial charge in [-0.2, -0.15) is 0 Å². The van der Waals surface area contributed by atoms with Gasteiger partial charge >= 0.3 is 0 Å². The van der Waals surface area contributed by atoms with E-state index in [1.807, 2.05) is 0 Å². The molecular weight excluding hydrogens is 464 g/mol. The first kappa shape index (κ1) is 20.7. The van der Waals surface area contributed by atoms with E-state index in [1.54, 1.807) is 18.2 Å². The summed E-state index contributed by atoms with van der Waals surface area (Å²) in [5, 5.41) is 10.1. The number of thioether (sulfide) groups is 1. The van der Waals surface area contributed by atoms with E-state index in [1.165, 1.54) is 37.5 Å². The molecule has 1 heterocycles. The highest BCUT2D eigenvalue weighted by Crippen LogP contribution is 2.34. The number of imide groups is 1. The van der Waals surface area contributed by atoms with E-state index in [0.29, 0.717) is 11.3 Å². The summed E-state index contributed by atoms with van der Waals surface area (Å²) in [6.45, 7) is -0.449. The number of hydrogen-bond acceptors (Lipinski definition) is 7. The SMILES string of the molecule is COc1ccc(Br)cc1/C=C1/SC(=O)N(CC(=O)c2ccc([N+](=O)[O-])cc2)C1=O. The number of nitrogens with zero attached hydrogens (tertiary/aromatic N) is 2. The molecule has 2 aromatic carbocycles. The lowest BCUT2D eigenvalue weighted by atomic mass is 10.1. The van der Waals surface area contributed by atoms with Crippen molar-refractivity contribution in [2.75, 3.05) is 13.7 Å². The van der Waals surface area contributed by atoms with Gasteiger partial charge in [0.05, 0.1) is 23.5 Å². The Hall–Kier alpha value is -2.98. The topological polar surface area (TPSA) is 107 Å². The van der Waals surface area contributed by atoms with Crippen LogP contribution in [0.25, 0.3) is 6.08 Å². The minimum absolute atomic E-state index is 0.154. The van der Waals surface area contributed by atoms with E-state index in [2.05, 4.69) is 15.9 Å². The average Bonchev–Trinajstić information content (AvgIpc) is 2.95. The van der Waals surface area contributed by atoms with Crippen LogP contribution in [-0.2, 0) is 4.79 Å². The molecule has 0 aromatic heterocycles. The van der Waals surface area contributed by atoms with Crippen molar-refractivity contribution in [2.45, 2.75) is 0 Å². The molecule has 0 spiro atoms. The second-order valence-electron chi connectivity index (χ2n) is 5.88. The molecule has 0 bridgehead atoms. The maximum Gasteiger partial charge on any atom is 0.293 e. The van der Waals surface area contributed by atoms with E-state index >= 15 is 0 Å². The van der Waals surface area contributed by atoms with Gasteiger partial charge in [-0.1, -0.05) is 15.9 Å². The number of halogens is 1. The Balaban J connectivity index is 1.79. The van der Waals surface area contributed by atoms with Gasteiger partial charge in [-0.15, -0.1) is 0 Å². The Kier molecular flexibility index (Phi) is 6.14. The molecule has 0 atom stereocenters. The lowest BCUT2D eigenvalue weighted by Gasteiger charge is -2.11. The zero-order valence-electron chi connectivity index (χ0n) is 15.0. The fraction of sp³-hybridized carbons (Fsp3) is 0.105. The van der Waals surface area contributed by atoms with E-state index in [-0.39, 0.29) is 16.2 Å². The van der Waals surface area contributed by atoms with Gasteiger partial charge in [-0.25, -0.2) is 0 Å². The number of carbonyl (C=O) groups excluding carboxylic acids is 3. The van der Waals surface area contributed by atoms with Gasteiger partial charge in [-0.05, 0) is 48.2 Å². The molecule has 3 rings (SSSR count). The largest absolute Gasteiger partial charge is 0.496 e. The molecule has 2 aromatic rings. The number of methoxy groups -OCH3 is 1. The molecule has 8 nitrogen and oxygen atoms in total. The van der Waals surface area contributed by atoms with Gasteiger partial charge in [0.1, 0.15) is 5.75 Å². The number of carbonyl (C=O) groups is 3. The highest BCUT2D eigenvalue weighted by molar-refractivity contribution is 9.10. The molecule has 1 aliphatic rings. The number of nitro groups is 1. The van der Waals surface area contributed by atoms with E-state index in [0.717, 1.165) is 21.1 Å². The molecule has 1 saturated heterocycles. The first-order chi connectivity index (χ1) is 13.8. The molecule has 0 saturated carbocycles. The van der Waals surface area contributed by atoms with Gasteiger partial charge < -0.3 is 4.74 Å². The maximum atomic E-state index is 12.6. The van der Waals surface area contributed by atoms with Crippen LogP contribution in [0.3, 0.4) is 0 Å². The zero-order chi connectivity index (χ0) is 21.1. The van der Waals surface area contributed by atoms with Crippen LogP contribution >= 0.6 is 27.7 Å². The number of benzene rings is 2. The molecule has 2 amide bonds. The standard InChI is InChI=1S/C19H13BrN2O6S/c1-28-16-7-4-13(20)8-12(16)9-17-18(24)21(19(25)29-17)10-15(23)11-2-5-14(6-3-11)22(26)27/h2-9H,10H2,1H3/b17-9+. The number of rotatable bonds is 6. The summed E-state index contributed by atoms with van der Waals surface area (Å²) in [4.78, 5) is 48.5. The number of hydrogen-bond donors (Lipinski definition) is 0. The number of ketones is 1. The van der Waals surface area contributed by atoms with Crippen molar-refractivity contribution in [3.8, 4) is 5.75 Å². The first-order valence-electron chi connectivity index (χ1n) is 8.16. The van der Waals surface area contributed by atoms with Crippen LogP contribution < -0.4 is 4.74 Å². The molecule has 148 valence electrons. The highest BCUT2D eigenvalue weighted by Gasteiger charge is 2.36. The van der Waals surface area contributed by atoms with Crippen LogP contribution in [-0.4, -0.2) is 40.4 Å². The van der Waals surface area contributed by atoms with Crippen molar-refractivity contribution in [2.24, 2.45) is 0 Å². The van der Waals surface area contributed by atoms with E-state index < -0.39 is 28.4 Å². The molecule has 0 radical (unpaired) electrons. The van der Waals surface area contributed by atoms with Gasteiger partial charge in [0.25, 0.3) is 16.8 Å². The van der Waals surface area contributed by atoms with Gasteiger partial charge in [0, 0.05) is 27.7 Å². The minimum Gasteiger partial charge on any atom is -0.496 e. The number of amides is 2. The third-order valence-corrected chi connectivity index (χ3v) is 5.45. The minimum atomic E-state index is -0.586.